The summed E-state index contributed by atoms with van der Waals surface area (Å²) in [5.41, 5.74) is 0.126. The Morgan fingerprint density at radius 3 is 2.85 bits per heavy atom. The van der Waals surface area contributed by atoms with Crippen LogP contribution in [0.3, 0.4) is 0 Å². The lowest BCUT2D eigenvalue weighted by Gasteiger charge is -1.99. The first-order chi connectivity index (χ1) is 9.72. The number of rotatable bonds is 6. The number of halogens is 2. The van der Waals surface area contributed by atoms with Crippen molar-refractivity contribution in [3.05, 3.63) is 35.7 Å². The van der Waals surface area contributed by atoms with Gasteiger partial charge in [-0.15, -0.1) is 10.2 Å². The van der Waals surface area contributed by atoms with Gasteiger partial charge in [0.05, 0.1) is 5.56 Å². The van der Waals surface area contributed by atoms with E-state index in [2.05, 4.69) is 15.5 Å². The average molecular weight is 279 g/mol. The zero-order chi connectivity index (χ0) is 13.9. The van der Waals surface area contributed by atoms with Crippen LogP contribution in [0.4, 0.5) is 8.78 Å². The van der Waals surface area contributed by atoms with Gasteiger partial charge in [-0.1, -0.05) is 0 Å². The highest BCUT2D eigenvalue weighted by Crippen LogP contribution is 2.22. The van der Waals surface area contributed by atoms with Crippen LogP contribution in [-0.2, 0) is 6.42 Å². The van der Waals surface area contributed by atoms with Crippen molar-refractivity contribution in [1.29, 1.82) is 0 Å². The number of aryl methyl sites for hydroxylation is 1. The van der Waals surface area contributed by atoms with Gasteiger partial charge >= 0.3 is 0 Å². The predicted molar refractivity (Wildman–Crippen MR) is 69.0 cm³/mol. The van der Waals surface area contributed by atoms with Crippen molar-refractivity contribution in [3.63, 3.8) is 0 Å². The minimum atomic E-state index is -0.699. The van der Waals surface area contributed by atoms with Crippen LogP contribution in [0.5, 0.6) is 0 Å². The van der Waals surface area contributed by atoms with Gasteiger partial charge < -0.3 is 9.73 Å². The van der Waals surface area contributed by atoms with Crippen LogP contribution in [0.1, 0.15) is 25.2 Å². The van der Waals surface area contributed by atoms with Gasteiger partial charge in [-0.2, -0.15) is 0 Å². The molecule has 0 atom stereocenters. The first-order valence-electron chi connectivity index (χ1n) is 6.73. The minimum Gasteiger partial charge on any atom is -0.421 e. The summed E-state index contributed by atoms with van der Waals surface area (Å²) in [5, 5.41) is 11.1. The quantitative estimate of drug-likeness (QED) is 0.826. The molecule has 1 saturated carbocycles. The molecule has 6 heteroatoms. The summed E-state index contributed by atoms with van der Waals surface area (Å²) in [7, 11) is 0. The summed E-state index contributed by atoms with van der Waals surface area (Å²) in [4.78, 5) is 0. The van der Waals surface area contributed by atoms with Crippen molar-refractivity contribution in [2.24, 2.45) is 0 Å². The lowest BCUT2D eigenvalue weighted by Crippen LogP contribution is -2.17. The Morgan fingerprint density at radius 1 is 1.25 bits per heavy atom. The van der Waals surface area contributed by atoms with E-state index in [1.165, 1.54) is 25.0 Å². The Kier molecular flexibility index (Phi) is 3.73. The van der Waals surface area contributed by atoms with E-state index in [1.54, 1.807) is 0 Å². The van der Waals surface area contributed by atoms with Crippen molar-refractivity contribution in [2.75, 3.05) is 6.54 Å². The van der Waals surface area contributed by atoms with E-state index < -0.39 is 11.6 Å². The smallest absolute Gasteiger partial charge is 0.250 e. The predicted octanol–water partition coefficient (Wildman–Crippen LogP) is 2.70. The molecule has 2 aromatic rings. The molecular weight excluding hydrogens is 264 g/mol. The standard InChI is InChI=1S/C14H15F2N3O/c15-9-3-6-11(12(16)8-9)14-19-18-13(20-14)2-1-7-17-10-4-5-10/h3,6,8,10,17H,1-2,4-5,7H2. The van der Waals surface area contributed by atoms with E-state index in [0.29, 0.717) is 18.4 Å². The Morgan fingerprint density at radius 2 is 2.10 bits per heavy atom. The lowest BCUT2D eigenvalue weighted by molar-refractivity contribution is 0.487. The first-order valence-corrected chi connectivity index (χ1v) is 6.73. The van der Waals surface area contributed by atoms with Crippen LogP contribution in [0, 0.1) is 11.6 Å². The molecule has 0 saturated heterocycles. The molecule has 0 radical (unpaired) electrons. The molecule has 0 amide bonds. The van der Waals surface area contributed by atoms with Crippen molar-refractivity contribution in [1.82, 2.24) is 15.5 Å². The third-order valence-corrected chi connectivity index (χ3v) is 3.21. The average Bonchev–Trinajstić information content (AvgIpc) is 3.13. The maximum absolute atomic E-state index is 13.6. The zero-order valence-electron chi connectivity index (χ0n) is 10.9. The molecule has 4 nitrogen and oxygen atoms in total. The van der Waals surface area contributed by atoms with Crippen molar-refractivity contribution in [2.45, 2.75) is 31.7 Å². The van der Waals surface area contributed by atoms with Crippen LogP contribution in [0.15, 0.2) is 22.6 Å². The fourth-order valence-corrected chi connectivity index (χ4v) is 1.96. The summed E-state index contributed by atoms with van der Waals surface area (Å²) in [6.45, 7) is 0.910. The molecule has 1 fully saturated rings. The fourth-order valence-electron chi connectivity index (χ4n) is 1.96. The van der Waals surface area contributed by atoms with Gasteiger partial charge in [0.25, 0.3) is 5.89 Å². The molecule has 1 aliphatic rings. The van der Waals surface area contributed by atoms with Crippen LogP contribution in [0.2, 0.25) is 0 Å². The van der Waals surface area contributed by atoms with Crippen LogP contribution in [0.25, 0.3) is 11.5 Å². The molecule has 0 aliphatic heterocycles. The highest BCUT2D eigenvalue weighted by atomic mass is 19.1. The van der Waals surface area contributed by atoms with Gasteiger partial charge in [0.2, 0.25) is 5.89 Å². The van der Waals surface area contributed by atoms with Crippen molar-refractivity contribution in [3.8, 4) is 11.5 Å². The third-order valence-electron chi connectivity index (χ3n) is 3.21. The van der Waals surface area contributed by atoms with Gasteiger partial charge in [0.15, 0.2) is 0 Å². The second-order valence-electron chi connectivity index (χ2n) is 4.96. The van der Waals surface area contributed by atoms with Gasteiger partial charge in [-0.3, -0.25) is 0 Å². The highest BCUT2D eigenvalue weighted by molar-refractivity contribution is 5.53. The van der Waals surface area contributed by atoms with Crippen LogP contribution >= 0.6 is 0 Å². The Hall–Kier alpha value is -1.82. The van der Waals surface area contributed by atoms with E-state index in [1.807, 2.05) is 0 Å². The Labute approximate surface area is 115 Å². The van der Waals surface area contributed by atoms with E-state index >= 15 is 0 Å². The summed E-state index contributed by atoms with van der Waals surface area (Å²) in [6, 6.07) is 3.96. The SMILES string of the molecule is Fc1ccc(-c2nnc(CCCNC3CC3)o2)c(F)c1. The number of nitrogens with one attached hydrogen (secondary N) is 1. The van der Waals surface area contributed by atoms with E-state index in [-0.39, 0.29) is 11.5 Å². The molecular formula is C14H15F2N3O. The Bertz CT molecular complexity index is 596. The molecule has 20 heavy (non-hydrogen) atoms. The summed E-state index contributed by atoms with van der Waals surface area (Å²) < 4.78 is 31.8. The normalized spacial score (nSPS) is 14.7. The Balaban J connectivity index is 1.60. The van der Waals surface area contributed by atoms with E-state index in [0.717, 1.165) is 19.0 Å². The highest BCUT2D eigenvalue weighted by Gasteiger charge is 2.19. The molecule has 0 spiro atoms. The fraction of sp³-hybridized carbons (Fsp3) is 0.429. The summed E-state index contributed by atoms with van der Waals surface area (Å²) >= 11 is 0. The number of aromatic nitrogens is 2. The molecule has 1 aromatic heterocycles. The number of benzene rings is 1. The van der Waals surface area contributed by atoms with Gasteiger partial charge in [0, 0.05) is 18.5 Å². The van der Waals surface area contributed by atoms with Crippen molar-refractivity contribution < 1.29 is 13.2 Å². The van der Waals surface area contributed by atoms with Gasteiger partial charge in [-0.05, 0) is 37.9 Å². The van der Waals surface area contributed by atoms with E-state index in [9.17, 15) is 8.78 Å². The molecule has 0 unspecified atom stereocenters. The maximum Gasteiger partial charge on any atom is 0.250 e. The minimum absolute atomic E-state index is 0.0904. The number of nitrogens with zero attached hydrogens (tertiary/aromatic N) is 2. The van der Waals surface area contributed by atoms with Crippen LogP contribution < -0.4 is 5.32 Å². The molecule has 3 rings (SSSR count). The number of hydrogen-bond acceptors (Lipinski definition) is 4. The first kappa shape index (κ1) is 13.2. The molecule has 1 aliphatic carbocycles. The number of hydrogen-bond donors (Lipinski definition) is 1. The topological polar surface area (TPSA) is 51.0 Å². The molecule has 1 N–H and O–H groups in total. The third kappa shape index (κ3) is 3.19. The maximum atomic E-state index is 13.6. The second kappa shape index (κ2) is 5.66. The molecule has 0 bridgehead atoms. The summed E-state index contributed by atoms with van der Waals surface area (Å²) in [5.74, 6) is -0.762. The molecule has 1 heterocycles. The zero-order valence-corrected chi connectivity index (χ0v) is 10.9. The monoisotopic (exact) mass is 279 g/mol. The van der Waals surface area contributed by atoms with Crippen LogP contribution in [-0.4, -0.2) is 22.8 Å². The van der Waals surface area contributed by atoms with Gasteiger partial charge in [-0.25, -0.2) is 8.78 Å². The molecule has 106 valence electrons. The summed E-state index contributed by atoms with van der Waals surface area (Å²) in [6.07, 6.45) is 4.06. The van der Waals surface area contributed by atoms with Gasteiger partial charge in [0.1, 0.15) is 11.6 Å². The largest absolute Gasteiger partial charge is 0.421 e. The van der Waals surface area contributed by atoms with E-state index in [4.69, 9.17) is 4.42 Å². The molecule has 1 aromatic carbocycles. The lowest BCUT2D eigenvalue weighted by atomic mass is 10.2. The van der Waals surface area contributed by atoms with Crippen molar-refractivity contribution >= 4 is 0 Å². The second-order valence-corrected chi connectivity index (χ2v) is 4.96.